The van der Waals surface area contributed by atoms with E-state index in [2.05, 4.69) is 20.9 Å². The maximum absolute atomic E-state index is 12.2. The van der Waals surface area contributed by atoms with Gasteiger partial charge in [0.15, 0.2) is 0 Å². The second-order valence-electron chi connectivity index (χ2n) is 5.85. The first-order valence-electron chi connectivity index (χ1n) is 8.06. The molecule has 1 aromatic carbocycles. The van der Waals surface area contributed by atoms with E-state index in [0.29, 0.717) is 24.4 Å². The fourth-order valence-corrected chi connectivity index (χ4v) is 2.76. The van der Waals surface area contributed by atoms with Gasteiger partial charge in [-0.1, -0.05) is 12.1 Å². The highest BCUT2D eigenvalue weighted by Crippen LogP contribution is 2.26. The molecule has 2 heterocycles. The Hall–Kier alpha value is -3.09. The third-order valence-electron chi connectivity index (χ3n) is 4.09. The van der Waals surface area contributed by atoms with Crippen molar-refractivity contribution in [1.29, 1.82) is 0 Å². The minimum absolute atomic E-state index is 0.0382. The number of hydrogen-bond donors (Lipinski definition) is 3. The Morgan fingerprint density at radius 3 is 2.96 bits per heavy atom. The Kier molecular flexibility index (Phi) is 4.83. The largest absolute Gasteiger partial charge is 0.480 e. The van der Waals surface area contributed by atoms with E-state index >= 15 is 0 Å². The molecule has 1 aliphatic heterocycles. The molecule has 0 spiro atoms. The van der Waals surface area contributed by atoms with Crippen molar-refractivity contribution >= 4 is 23.3 Å². The van der Waals surface area contributed by atoms with Crippen molar-refractivity contribution in [3.05, 3.63) is 47.7 Å². The molecule has 1 aromatic heterocycles. The van der Waals surface area contributed by atoms with Crippen molar-refractivity contribution in [3.8, 4) is 5.88 Å². The van der Waals surface area contributed by atoms with Gasteiger partial charge < -0.3 is 20.7 Å². The molecule has 3 amide bonds. The zero-order valence-corrected chi connectivity index (χ0v) is 14.1. The highest BCUT2D eigenvalue weighted by molar-refractivity contribution is 5.94. The first-order valence-corrected chi connectivity index (χ1v) is 8.06. The highest BCUT2D eigenvalue weighted by atomic mass is 16.5. The van der Waals surface area contributed by atoms with E-state index in [4.69, 9.17) is 4.74 Å². The van der Waals surface area contributed by atoms with Crippen LogP contribution in [-0.4, -0.2) is 24.0 Å². The number of pyridine rings is 1. The number of aryl methyl sites for hydroxylation is 1. The molecule has 0 unspecified atom stereocenters. The SMILES string of the molecule is COc1ncccc1NC(=O)N[C@H](C)c1ccc2c(c1)CCC(=O)N2. The zero-order valence-electron chi connectivity index (χ0n) is 14.1. The van der Waals surface area contributed by atoms with Gasteiger partial charge in [0.25, 0.3) is 0 Å². The highest BCUT2D eigenvalue weighted by Gasteiger charge is 2.17. The monoisotopic (exact) mass is 340 g/mol. The van der Waals surface area contributed by atoms with Crippen LogP contribution in [0.15, 0.2) is 36.5 Å². The molecule has 7 heteroatoms. The third kappa shape index (κ3) is 3.88. The zero-order chi connectivity index (χ0) is 17.8. The van der Waals surface area contributed by atoms with Crippen LogP contribution in [0.25, 0.3) is 0 Å². The van der Waals surface area contributed by atoms with Crippen LogP contribution in [-0.2, 0) is 11.2 Å². The minimum Gasteiger partial charge on any atom is -0.480 e. The molecule has 0 saturated carbocycles. The summed E-state index contributed by atoms with van der Waals surface area (Å²) in [5.74, 6) is 0.394. The van der Waals surface area contributed by atoms with Crippen molar-refractivity contribution in [1.82, 2.24) is 10.3 Å². The number of urea groups is 1. The van der Waals surface area contributed by atoms with Gasteiger partial charge in [0.2, 0.25) is 11.8 Å². The maximum atomic E-state index is 12.2. The van der Waals surface area contributed by atoms with Gasteiger partial charge in [0, 0.05) is 18.3 Å². The van der Waals surface area contributed by atoms with E-state index in [1.165, 1.54) is 7.11 Å². The number of benzene rings is 1. The summed E-state index contributed by atoms with van der Waals surface area (Å²) in [7, 11) is 1.50. The van der Waals surface area contributed by atoms with Gasteiger partial charge in [0.1, 0.15) is 5.69 Å². The van der Waals surface area contributed by atoms with E-state index in [1.54, 1.807) is 18.3 Å². The molecule has 0 radical (unpaired) electrons. The molecule has 0 fully saturated rings. The van der Waals surface area contributed by atoms with Gasteiger partial charge in [-0.2, -0.15) is 0 Å². The molecule has 1 atom stereocenters. The van der Waals surface area contributed by atoms with Gasteiger partial charge in [-0.05, 0) is 42.7 Å². The van der Waals surface area contributed by atoms with Crippen molar-refractivity contribution in [2.45, 2.75) is 25.8 Å². The third-order valence-corrected chi connectivity index (χ3v) is 4.09. The fourth-order valence-electron chi connectivity index (χ4n) is 2.76. The molecule has 0 saturated heterocycles. The first-order chi connectivity index (χ1) is 12.1. The molecule has 3 N–H and O–H groups in total. The summed E-state index contributed by atoms with van der Waals surface area (Å²) in [6.45, 7) is 1.91. The predicted octanol–water partition coefficient (Wildman–Crippen LogP) is 2.86. The number of rotatable bonds is 4. The number of carbonyl (C=O) groups excluding carboxylic acids is 2. The number of aromatic nitrogens is 1. The Bertz CT molecular complexity index is 807. The number of nitrogens with zero attached hydrogens (tertiary/aromatic N) is 1. The summed E-state index contributed by atoms with van der Waals surface area (Å²) in [4.78, 5) is 27.7. The molecule has 0 aliphatic carbocycles. The Labute approximate surface area is 145 Å². The summed E-state index contributed by atoms with van der Waals surface area (Å²) in [5.41, 5.74) is 3.41. The minimum atomic E-state index is -0.343. The normalized spacial score (nSPS) is 14.1. The van der Waals surface area contributed by atoms with Crippen LogP contribution in [0.1, 0.15) is 30.5 Å². The Balaban J connectivity index is 1.66. The molecule has 2 aromatic rings. The van der Waals surface area contributed by atoms with Gasteiger partial charge in [0.05, 0.1) is 13.2 Å². The van der Waals surface area contributed by atoms with E-state index in [9.17, 15) is 9.59 Å². The smallest absolute Gasteiger partial charge is 0.319 e. The molecular weight excluding hydrogens is 320 g/mol. The van der Waals surface area contributed by atoms with Crippen LogP contribution in [0.2, 0.25) is 0 Å². The lowest BCUT2D eigenvalue weighted by molar-refractivity contribution is -0.116. The molecule has 25 heavy (non-hydrogen) atoms. The molecule has 130 valence electrons. The van der Waals surface area contributed by atoms with Crippen molar-refractivity contribution < 1.29 is 14.3 Å². The Morgan fingerprint density at radius 1 is 1.32 bits per heavy atom. The van der Waals surface area contributed by atoms with Crippen molar-refractivity contribution in [3.63, 3.8) is 0 Å². The van der Waals surface area contributed by atoms with Crippen molar-refractivity contribution in [2.24, 2.45) is 0 Å². The van der Waals surface area contributed by atoms with E-state index in [1.807, 2.05) is 25.1 Å². The van der Waals surface area contributed by atoms with Crippen LogP contribution in [0, 0.1) is 0 Å². The summed E-state index contributed by atoms with van der Waals surface area (Å²) >= 11 is 0. The van der Waals surface area contributed by atoms with Crippen LogP contribution < -0.4 is 20.7 Å². The molecule has 1 aliphatic rings. The van der Waals surface area contributed by atoms with Gasteiger partial charge in [-0.25, -0.2) is 9.78 Å². The number of methoxy groups -OCH3 is 1. The molecule has 7 nitrogen and oxygen atoms in total. The number of nitrogens with one attached hydrogen (secondary N) is 3. The lowest BCUT2D eigenvalue weighted by atomic mass is 9.98. The summed E-state index contributed by atoms with van der Waals surface area (Å²) in [6.07, 6.45) is 2.79. The van der Waals surface area contributed by atoms with Crippen LogP contribution in [0.3, 0.4) is 0 Å². The average molecular weight is 340 g/mol. The topological polar surface area (TPSA) is 92.3 Å². The molecule has 3 rings (SSSR count). The quantitative estimate of drug-likeness (QED) is 0.798. The van der Waals surface area contributed by atoms with Crippen molar-refractivity contribution in [2.75, 3.05) is 17.7 Å². The number of carbonyl (C=O) groups is 2. The second kappa shape index (κ2) is 7.21. The number of fused-ring (bicyclic) bond motifs is 1. The molecule has 0 bridgehead atoms. The summed E-state index contributed by atoms with van der Waals surface area (Å²) in [6, 6.07) is 8.71. The summed E-state index contributed by atoms with van der Waals surface area (Å²) < 4.78 is 5.12. The summed E-state index contributed by atoms with van der Waals surface area (Å²) in [5, 5.41) is 8.48. The van der Waals surface area contributed by atoms with Gasteiger partial charge in [-0.15, -0.1) is 0 Å². The second-order valence-corrected chi connectivity index (χ2v) is 5.85. The van der Waals surface area contributed by atoms with Gasteiger partial charge >= 0.3 is 6.03 Å². The van der Waals surface area contributed by atoms with Gasteiger partial charge in [-0.3, -0.25) is 4.79 Å². The van der Waals surface area contributed by atoms with E-state index < -0.39 is 0 Å². The van der Waals surface area contributed by atoms with Crippen LogP contribution >= 0.6 is 0 Å². The molecular formula is C18H20N4O3. The van der Waals surface area contributed by atoms with Crippen LogP contribution in [0.4, 0.5) is 16.2 Å². The number of ether oxygens (including phenoxy) is 1. The van der Waals surface area contributed by atoms with E-state index in [0.717, 1.165) is 16.8 Å². The first kappa shape index (κ1) is 16.8. The Morgan fingerprint density at radius 2 is 2.16 bits per heavy atom. The fraction of sp³-hybridized carbons (Fsp3) is 0.278. The maximum Gasteiger partial charge on any atom is 0.319 e. The van der Waals surface area contributed by atoms with Crippen LogP contribution in [0.5, 0.6) is 5.88 Å². The number of hydrogen-bond acceptors (Lipinski definition) is 4. The number of amides is 3. The standard InChI is InChI=1S/C18H20N4O3/c1-11(12-5-7-14-13(10-12)6-8-16(23)21-14)20-18(24)22-15-4-3-9-19-17(15)25-2/h3-5,7,9-11H,6,8H2,1-2H3,(H,21,23)(H2,20,22,24)/t11-/m1/s1. The lowest BCUT2D eigenvalue weighted by Crippen LogP contribution is -2.31. The van der Waals surface area contributed by atoms with E-state index in [-0.39, 0.29) is 18.0 Å². The lowest BCUT2D eigenvalue weighted by Gasteiger charge is -2.20. The average Bonchev–Trinajstić information content (AvgIpc) is 2.61. The number of anilines is 2. The predicted molar refractivity (Wildman–Crippen MR) is 94.8 cm³/mol.